The van der Waals surface area contributed by atoms with Gasteiger partial charge in [0.15, 0.2) is 17.3 Å². The molecule has 2 aromatic carbocycles. The quantitative estimate of drug-likeness (QED) is 0.254. The van der Waals surface area contributed by atoms with Crippen LogP contribution in [0.25, 0.3) is 16.5 Å². The molecule has 0 spiro atoms. The smallest absolute Gasteiger partial charge is 0.272 e. The molecule has 1 aliphatic heterocycles. The van der Waals surface area contributed by atoms with Crippen molar-refractivity contribution in [2.75, 3.05) is 36.5 Å². The van der Waals surface area contributed by atoms with Crippen LogP contribution in [0, 0.1) is 0 Å². The van der Waals surface area contributed by atoms with Gasteiger partial charge in [0, 0.05) is 31.2 Å². The van der Waals surface area contributed by atoms with E-state index in [4.69, 9.17) is 9.47 Å². The number of nitrogens with one attached hydrogen (secondary N) is 3. The van der Waals surface area contributed by atoms with Gasteiger partial charge >= 0.3 is 0 Å². The maximum Gasteiger partial charge on any atom is 0.272 e. The van der Waals surface area contributed by atoms with Crippen LogP contribution in [0.2, 0.25) is 0 Å². The van der Waals surface area contributed by atoms with E-state index in [2.05, 4.69) is 31.4 Å². The Morgan fingerprint density at radius 2 is 1.88 bits per heavy atom. The molecule has 1 amide bonds. The highest BCUT2D eigenvalue weighted by molar-refractivity contribution is 7.92. The highest BCUT2D eigenvalue weighted by Gasteiger charge is 2.24. The van der Waals surface area contributed by atoms with Crippen LogP contribution < -0.4 is 24.8 Å². The number of anilines is 2. The number of nitrogens with zero attached hydrogens (tertiary/aromatic N) is 3. The normalized spacial score (nSPS) is 13.9. The van der Waals surface area contributed by atoms with Gasteiger partial charge in [-0.2, -0.15) is 4.98 Å². The first-order chi connectivity index (χ1) is 20.3. The Labute approximate surface area is 251 Å². The molecule has 12 heteroatoms. The maximum atomic E-state index is 13.7. The maximum absolute atomic E-state index is 13.7. The van der Waals surface area contributed by atoms with Gasteiger partial charge in [-0.1, -0.05) is 39.0 Å². The molecule has 226 valence electrons. The molecule has 43 heavy (non-hydrogen) atoms. The summed E-state index contributed by atoms with van der Waals surface area (Å²) in [5.74, 6) is 1.38. The van der Waals surface area contributed by atoms with Crippen LogP contribution in [-0.4, -0.2) is 55.3 Å². The van der Waals surface area contributed by atoms with Crippen molar-refractivity contribution in [3.05, 3.63) is 71.8 Å². The fourth-order valence-corrected chi connectivity index (χ4v) is 5.56. The summed E-state index contributed by atoms with van der Waals surface area (Å²) >= 11 is 0. The van der Waals surface area contributed by atoms with Crippen LogP contribution in [0.4, 0.5) is 11.4 Å². The molecule has 0 bridgehead atoms. The average molecular weight is 605 g/mol. The number of hydrogen-bond acceptors (Lipinski definition) is 8. The van der Waals surface area contributed by atoms with Gasteiger partial charge < -0.3 is 24.7 Å². The third kappa shape index (κ3) is 6.65. The van der Waals surface area contributed by atoms with Crippen molar-refractivity contribution >= 4 is 43.8 Å². The van der Waals surface area contributed by atoms with Crippen LogP contribution in [0.1, 0.15) is 49.1 Å². The second-order valence-corrected chi connectivity index (χ2v) is 13.2. The van der Waals surface area contributed by atoms with E-state index in [1.807, 2.05) is 39.0 Å². The van der Waals surface area contributed by atoms with Crippen LogP contribution in [0.5, 0.6) is 17.4 Å². The minimum Gasteiger partial charge on any atom is -0.492 e. The van der Waals surface area contributed by atoms with E-state index < -0.39 is 15.9 Å². The van der Waals surface area contributed by atoms with Gasteiger partial charge in [0.1, 0.15) is 5.69 Å². The van der Waals surface area contributed by atoms with Crippen LogP contribution >= 0.6 is 0 Å². The van der Waals surface area contributed by atoms with Crippen molar-refractivity contribution in [3.63, 3.8) is 0 Å². The first-order valence-corrected chi connectivity index (χ1v) is 15.7. The first-order valence-electron chi connectivity index (χ1n) is 13.8. The van der Waals surface area contributed by atoms with E-state index in [0.29, 0.717) is 34.4 Å². The Morgan fingerprint density at radius 1 is 1.12 bits per heavy atom. The van der Waals surface area contributed by atoms with E-state index >= 15 is 0 Å². The molecule has 1 aliphatic rings. The molecule has 3 heterocycles. The number of fused-ring (bicyclic) bond motifs is 1. The lowest BCUT2D eigenvalue weighted by molar-refractivity contribution is 0.101. The standard InChI is InChI=1S/C31H36N6O5S/c1-31(2,3)21-17-22(28(41-5)23(18-21)36-43(6,39)40)34-30(38)24-16-20-8-7-9-25(27(20)37(24)4)42-26-12-15-33-29(35-26)19-10-13-32-14-11-19/h7-10,12,15-18,32,36H,11,13-14H2,1-6H3,(H,34,38). The highest BCUT2D eigenvalue weighted by Crippen LogP contribution is 2.40. The molecule has 5 rings (SSSR count). The van der Waals surface area contributed by atoms with Gasteiger partial charge in [-0.15, -0.1) is 0 Å². The number of carbonyl (C=O) groups is 1. The number of amides is 1. The molecule has 0 atom stereocenters. The van der Waals surface area contributed by atoms with Gasteiger partial charge in [0.05, 0.1) is 30.3 Å². The predicted octanol–water partition coefficient (Wildman–Crippen LogP) is 5.07. The van der Waals surface area contributed by atoms with Crippen molar-refractivity contribution in [2.24, 2.45) is 7.05 Å². The Bertz CT molecular complexity index is 1840. The van der Waals surface area contributed by atoms with E-state index in [1.54, 1.807) is 42.1 Å². The van der Waals surface area contributed by atoms with E-state index in [1.165, 1.54) is 7.11 Å². The van der Waals surface area contributed by atoms with Gasteiger partial charge in [-0.3, -0.25) is 9.52 Å². The number of aromatic nitrogens is 3. The zero-order chi connectivity index (χ0) is 30.9. The number of rotatable bonds is 8. The summed E-state index contributed by atoms with van der Waals surface area (Å²) in [6.07, 6.45) is 5.66. The van der Waals surface area contributed by atoms with Crippen molar-refractivity contribution in [3.8, 4) is 17.4 Å². The number of benzene rings is 2. The summed E-state index contributed by atoms with van der Waals surface area (Å²) in [5.41, 5.74) is 3.21. The lowest BCUT2D eigenvalue weighted by Crippen LogP contribution is -2.20. The van der Waals surface area contributed by atoms with Crippen molar-refractivity contribution in [2.45, 2.75) is 32.6 Å². The molecular weight excluding hydrogens is 568 g/mol. The Hall–Kier alpha value is -4.42. The summed E-state index contributed by atoms with van der Waals surface area (Å²) in [6.45, 7) is 7.65. The number of para-hydroxylation sites is 1. The molecule has 2 aromatic heterocycles. The topological polar surface area (TPSA) is 136 Å². The minimum atomic E-state index is -3.61. The van der Waals surface area contributed by atoms with E-state index in [-0.39, 0.29) is 16.9 Å². The third-order valence-corrected chi connectivity index (χ3v) is 7.74. The van der Waals surface area contributed by atoms with Gasteiger partial charge in [0.25, 0.3) is 5.91 Å². The fraction of sp³-hybridized carbons (Fsp3) is 0.323. The van der Waals surface area contributed by atoms with Crippen molar-refractivity contribution < 1.29 is 22.7 Å². The molecule has 0 saturated carbocycles. The Kier molecular flexibility index (Phi) is 8.17. The van der Waals surface area contributed by atoms with Gasteiger partial charge in [0.2, 0.25) is 15.9 Å². The fourth-order valence-electron chi connectivity index (χ4n) is 5.01. The van der Waals surface area contributed by atoms with Crippen LogP contribution in [-0.2, 0) is 22.5 Å². The number of ether oxygens (including phenoxy) is 2. The zero-order valence-electron chi connectivity index (χ0n) is 25.1. The number of carbonyl (C=O) groups excluding carboxylic acids is 1. The Morgan fingerprint density at radius 3 is 2.56 bits per heavy atom. The zero-order valence-corrected chi connectivity index (χ0v) is 25.9. The molecule has 0 saturated heterocycles. The summed E-state index contributed by atoms with van der Waals surface area (Å²) in [5, 5.41) is 7.03. The van der Waals surface area contributed by atoms with Crippen molar-refractivity contribution in [1.29, 1.82) is 0 Å². The SMILES string of the molecule is COc1c(NC(=O)c2cc3cccc(Oc4ccnc(C5=CCNCC5)n4)c3n2C)cc(C(C)(C)C)cc1NS(C)(=O)=O. The number of sulfonamides is 1. The lowest BCUT2D eigenvalue weighted by Gasteiger charge is -2.24. The van der Waals surface area contributed by atoms with Gasteiger partial charge in [-0.05, 0) is 53.8 Å². The number of aryl methyl sites for hydroxylation is 1. The highest BCUT2D eigenvalue weighted by atomic mass is 32.2. The van der Waals surface area contributed by atoms with Crippen LogP contribution in [0.15, 0.2) is 54.7 Å². The monoisotopic (exact) mass is 604 g/mol. The second-order valence-electron chi connectivity index (χ2n) is 11.5. The summed E-state index contributed by atoms with van der Waals surface area (Å²) in [7, 11) is -0.396. The second kappa shape index (κ2) is 11.7. The molecule has 3 N–H and O–H groups in total. The number of hydrogen-bond donors (Lipinski definition) is 3. The third-order valence-electron chi connectivity index (χ3n) is 7.15. The summed E-state index contributed by atoms with van der Waals surface area (Å²) < 4.78 is 40.3. The molecule has 11 nitrogen and oxygen atoms in total. The summed E-state index contributed by atoms with van der Waals surface area (Å²) in [4.78, 5) is 22.8. The minimum absolute atomic E-state index is 0.206. The van der Waals surface area contributed by atoms with E-state index in [9.17, 15) is 13.2 Å². The first kappa shape index (κ1) is 30.1. The van der Waals surface area contributed by atoms with Crippen LogP contribution in [0.3, 0.4) is 0 Å². The molecule has 4 aromatic rings. The average Bonchev–Trinajstić information content (AvgIpc) is 3.29. The number of methoxy groups -OCH3 is 1. The molecule has 0 unspecified atom stereocenters. The Balaban J connectivity index is 1.49. The predicted molar refractivity (Wildman–Crippen MR) is 169 cm³/mol. The van der Waals surface area contributed by atoms with Crippen molar-refractivity contribution in [1.82, 2.24) is 19.9 Å². The van der Waals surface area contributed by atoms with E-state index in [0.717, 1.165) is 42.3 Å². The molecule has 0 aliphatic carbocycles. The largest absolute Gasteiger partial charge is 0.492 e. The summed E-state index contributed by atoms with van der Waals surface area (Å²) in [6, 6.07) is 12.6. The molecule has 0 fully saturated rings. The lowest BCUT2D eigenvalue weighted by atomic mass is 9.86. The van der Waals surface area contributed by atoms with Gasteiger partial charge in [-0.25, -0.2) is 13.4 Å². The molecule has 0 radical (unpaired) electrons. The molecular formula is C31H36N6O5S.